The van der Waals surface area contributed by atoms with Crippen LogP contribution in [0.3, 0.4) is 0 Å². The number of anilines is 1. The van der Waals surface area contributed by atoms with Crippen molar-refractivity contribution in [3.63, 3.8) is 0 Å². The maximum atomic E-state index is 13.1. The highest BCUT2D eigenvalue weighted by Crippen LogP contribution is 2.28. The number of methoxy groups -OCH3 is 1. The number of nitrogens with one attached hydrogen (secondary N) is 3. The van der Waals surface area contributed by atoms with Gasteiger partial charge in [0.2, 0.25) is 0 Å². The molecule has 1 atom stereocenters. The smallest absolute Gasteiger partial charge is 0.417 e. The second kappa shape index (κ2) is 10.3. The summed E-state index contributed by atoms with van der Waals surface area (Å²) < 4.78 is 10.7. The maximum absolute atomic E-state index is 13.1. The van der Waals surface area contributed by atoms with Crippen molar-refractivity contribution in [3.8, 4) is 0 Å². The van der Waals surface area contributed by atoms with E-state index in [0.29, 0.717) is 53.6 Å². The summed E-state index contributed by atoms with van der Waals surface area (Å²) in [6, 6.07) is 9.61. The molecule has 0 aliphatic carbocycles. The van der Waals surface area contributed by atoms with E-state index in [-0.39, 0.29) is 24.5 Å². The largest absolute Gasteiger partial charge is 0.467 e. The first kappa shape index (κ1) is 24.9. The number of carbonyl (C=O) groups is 3. The number of H-pyrrole nitrogens is 1. The minimum atomic E-state index is -0.945. The summed E-state index contributed by atoms with van der Waals surface area (Å²) in [4.78, 5) is 55.8. The lowest BCUT2D eigenvalue weighted by atomic mass is 10.0. The molecule has 3 N–H and O–H groups in total. The molecule has 37 heavy (non-hydrogen) atoms. The average Bonchev–Trinajstić information content (AvgIpc) is 3.26. The third-order valence-corrected chi connectivity index (χ3v) is 7.59. The molecule has 2 aliphatic heterocycles. The van der Waals surface area contributed by atoms with Gasteiger partial charge < -0.3 is 29.6 Å². The molecule has 1 saturated heterocycles. The lowest BCUT2D eigenvalue weighted by Gasteiger charge is -2.40. The van der Waals surface area contributed by atoms with Gasteiger partial charge in [0.05, 0.1) is 12.6 Å². The molecule has 2 aliphatic rings. The van der Waals surface area contributed by atoms with Gasteiger partial charge in [0.15, 0.2) is 5.58 Å². The fourth-order valence-corrected chi connectivity index (χ4v) is 5.37. The van der Waals surface area contributed by atoms with E-state index in [1.165, 1.54) is 7.11 Å². The molecule has 1 unspecified atom stereocenters. The fourth-order valence-electron chi connectivity index (χ4n) is 4.86. The molecular formula is C25H26BrN5O6. The number of oxazole rings is 1. The molecule has 2 aromatic carbocycles. The van der Waals surface area contributed by atoms with E-state index < -0.39 is 17.8 Å². The Balaban J connectivity index is 1.22. The van der Waals surface area contributed by atoms with Crippen LogP contribution in [-0.4, -0.2) is 65.1 Å². The van der Waals surface area contributed by atoms with Crippen LogP contribution in [0.4, 0.5) is 15.3 Å². The number of carbonyl (C=O) groups excluding carboxylic acids is 3. The number of hydrogen-bond acceptors (Lipinski definition) is 6. The number of piperidine rings is 1. The summed E-state index contributed by atoms with van der Waals surface area (Å²) in [7, 11) is 1.26. The zero-order chi connectivity index (χ0) is 26.1. The fraction of sp³-hybridized carbons (Fsp3) is 0.360. The van der Waals surface area contributed by atoms with Crippen LogP contribution in [0.25, 0.3) is 11.1 Å². The zero-order valence-electron chi connectivity index (χ0n) is 20.1. The molecule has 3 heterocycles. The monoisotopic (exact) mass is 571 g/mol. The summed E-state index contributed by atoms with van der Waals surface area (Å²) >= 11 is 3.45. The zero-order valence-corrected chi connectivity index (χ0v) is 21.7. The Hall–Kier alpha value is -3.80. The van der Waals surface area contributed by atoms with Crippen molar-refractivity contribution in [3.05, 3.63) is 62.5 Å². The number of likely N-dealkylation sites (tertiary alicyclic amines) is 1. The number of fused-ring (bicyclic) bond motifs is 2. The Morgan fingerprint density at radius 1 is 1.22 bits per heavy atom. The van der Waals surface area contributed by atoms with E-state index >= 15 is 0 Å². The van der Waals surface area contributed by atoms with Crippen molar-refractivity contribution >= 4 is 50.7 Å². The third kappa shape index (κ3) is 5.19. The predicted molar refractivity (Wildman–Crippen MR) is 138 cm³/mol. The molecule has 0 radical (unpaired) electrons. The number of nitrogens with zero attached hydrogens (tertiary/aromatic N) is 2. The molecule has 194 valence electrons. The van der Waals surface area contributed by atoms with Crippen molar-refractivity contribution in [2.24, 2.45) is 0 Å². The number of urea groups is 2. The summed E-state index contributed by atoms with van der Waals surface area (Å²) in [5.41, 5.74) is 3.43. The standard InChI is InChI=1S/C25H26BrN5O6/c1-36-22(32)20(10-15-11-21-19(12-17(15)26)29-25(35)37-21)28-23(33)30-8-6-16(7-9-30)31-13-14-4-2-3-5-18(14)27-24(31)34/h2-5,11-12,16,20H,6-10,13H2,1H3,(H,27,34)(H,28,33)(H,29,35). The molecular weight excluding hydrogens is 546 g/mol. The van der Waals surface area contributed by atoms with E-state index in [2.05, 4.69) is 31.5 Å². The summed E-state index contributed by atoms with van der Waals surface area (Å²) in [5, 5.41) is 5.72. The van der Waals surface area contributed by atoms with Gasteiger partial charge in [-0.2, -0.15) is 0 Å². The molecule has 1 aromatic heterocycles. The van der Waals surface area contributed by atoms with Gasteiger partial charge >= 0.3 is 23.8 Å². The number of esters is 1. The Kier molecular flexibility index (Phi) is 6.92. The number of aromatic amines is 1. The minimum Gasteiger partial charge on any atom is -0.467 e. The lowest BCUT2D eigenvalue weighted by Crippen LogP contribution is -2.54. The molecule has 12 heteroatoms. The van der Waals surface area contributed by atoms with Crippen molar-refractivity contribution in [2.75, 3.05) is 25.5 Å². The van der Waals surface area contributed by atoms with Gasteiger partial charge in [0.1, 0.15) is 6.04 Å². The number of rotatable bonds is 5. The SMILES string of the molecule is COC(=O)C(Cc1cc2oc(=O)[nH]c2cc1Br)NC(=O)N1CCC(N2Cc3ccccc3NC2=O)CC1. The van der Waals surface area contributed by atoms with Crippen LogP contribution in [0.15, 0.2) is 50.1 Å². The van der Waals surface area contributed by atoms with E-state index in [0.717, 1.165) is 11.3 Å². The average molecular weight is 572 g/mol. The van der Waals surface area contributed by atoms with Crippen molar-refractivity contribution < 1.29 is 23.5 Å². The van der Waals surface area contributed by atoms with Gasteiger partial charge in [-0.05, 0) is 42.2 Å². The molecule has 0 saturated carbocycles. The normalized spacial score (nSPS) is 16.8. The first-order valence-corrected chi connectivity index (χ1v) is 12.7. The lowest BCUT2D eigenvalue weighted by molar-refractivity contribution is -0.142. The van der Waals surface area contributed by atoms with E-state index in [1.54, 1.807) is 17.0 Å². The maximum Gasteiger partial charge on any atom is 0.417 e. The number of halogens is 1. The van der Waals surface area contributed by atoms with Crippen LogP contribution in [-0.2, 0) is 22.5 Å². The van der Waals surface area contributed by atoms with E-state index in [1.807, 2.05) is 29.2 Å². The second-order valence-corrected chi connectivity index (χ2v) is 9.97. The van der Waals surface area contributed by atoms with Gasteiger partial charge in [0.25, 0.3) is 0 Å². The Morgan fingerprint density at radius 3 is 2.73 bits per heavy atom. The van der Waals surface area contributed by atoms with Gasteiger partial charge in [-0.15, -0.1) is 0 Å². The summed E-state index contributed by atoms with van der Waals surface area (Å²) in [6.45, 7) is 1.42. The predicted octanol–water partition coefficient (Wildman–Crippen LogP) is 3.19. The van der Waals surface area contributed by atoms with Crippen LogP contribution >= 0.6 is 15.9 Å². The van der Waals surface area contributed by atoms with Crippen molar-refractivity contribution in [2.45, 2.75) is 37.9 Å². The van der Waals surface area contributed by atoms with Crippen LogP contribution in [0.1, 0.15) is 24.0 Å². The Morgan fingerprint density at radius 2 is 1.97 bits per heavy atom. The van der Waals surface area contributed by atoms with E-state index in [9.17, 15) is 19.2 Å². The summed E-state index contributed by atoms with van der Waals surface area (Å²) in [6.07, 6.45) is 1.38. The molecule has 4 amide bonds. The quantitative estimate of drug-likeness (QED) is 0.402. The van der Waals surface area contributed by atoms with Gasteiger partial charge in [0, 0.05) is 42.3 Å². The highest BCUT2D eigenvalue weighted by molar-refractivity contribution is 9.10. The van der Waals surface area contributed by atoms with Gasteiger partial charge in [-0.25, -0.2) is 19.2 Å². The number of aromatic nitrogens is 1. The van der Waals surface area contributed by atoms with Crippen LogP contribution < -0.4 is 16.4 Å². The highest BCUT2D eigenvalue weighted by atomic mass is 79.9. The summed E-state index contributed by atoms with van der Waals surface area (Å²) in [5.74, 6) is -1.17. The minimum absolute atomic E-state index is 0.00694. The molecule has 3 aromatic rings. The van der Waals surface area contributed by atoms with Gasteiger partial charge in [-0.1, -0.05) is 34.1 Å². The number of amides is 4. The Bertz CT molecular complexity index is 1410. The highest BCUT2D eigenvalue weighted by Gasteiger charge is 2.33. The number of ether oxygens (including phenoxy) is 1. The van der Waals surface area contributed by atoms with Crippen molar-refractivity contribution in [1.82, 2.24) is 20.1 Å². The topological polar surface area (TPSA) is 137 Å². The first-order valence-electron chi connectivity index (χ1n) is 11.9. The Labute approximate surface area is 220 Å². The molecule has 0 bridgehead atoms. The van der Waals surface area contributed by atoms with Gasteiger partial charge in [-0.3, -0.25) is 4.98 Å². The second-order valence-electron chi connectivity index (χ2n) is 9.12. The first-order chi connectivity index (χ1) is 17.8. The van der Waals surface area contributed by atoms with Crippen LogP contribution in [0.2, 0.25) is 0 Å². The molecule has 11 nitrogen and oxygen atoms in total. The van der Waals surface area contributed by atoms with E-state index in [4.69, 9.17) is 9.15 Å². The number of benzene rings is 2. The number of hydrogen-bond donors (Lipinski definition) is 3. The molecule has 0 spiro atoms. The molecule has 5 rings (SSSR count). The van der Waals surface area contributed by atoms with Crippen molar-refractivity contribution in [1.29, 1.82) is 0 Å². The number of para-hydroxylation sites is 1. The van der Waals surface area contributed by atoms with Crippen LogP contribution in [0, 0.1) is 0 Å². The molecule has 1 fully saturated rings. The third-order valence-electron chi connectivity index (χ3n) is 6.85. The van der Waals surface area contributed by atoms with Crippen LogP contribution in [0.5, 0.6) is 0 Å².